The second-order valence-electron chi connectivity index (χ2n) is 6.51. The molecule has 4 rings (SSSR count). The van der Waals surface area contributed by atoms with Crippen LogP contribution in [0, 0.1) is 0 Å². The molecular weight excluding hydrogens is 318 g/mol. The lowest BCUT2D eigenvalue weighted by atomic mass is 9.98. The highest BCUT2D eigenvalue weighted by atomic mass is 15.1. The van der Waals surface area contributed by atoms with Crippen LogP contribution >= 0.6 is 0 Å². The molecule has 0 amide bonds. The SMILES string of the molecule is CCCNc1ccc2ncn(C(c3ccccc3)c3ccccc3)c2c1. The van der Waals surface area contributed by atoms with Crippen molar-refractivity contribution in [2.45, 2.75) is 19.4 Å². The summed E-state index contributed by atoms with van der Waals surface area (Å²) in [5.74, 6) is 0. The molecular formula is C23H23N3. The number of imidazole rings is 1. The number of fused-ring (bicyclic) bond motifs is 1. The highest BCUT2D eigenvalue weighted by molar-refractivity contribution is 5.80. The Balaban J connectivity index is 1.86. The summed E-state index contributed by atoms with van der Waals surface area (Å²) in [6, 6.07) is 27.7. The fourth-order valence-corrected chi connectivity index (χ4v) is 3.40. The molecule has 0 saturated carbocycles. The first-order valence-corrected chi connectivity index (χ1v) is 9.17. The first-order valence-electron chi connectivity index (χ1n) is 9.17. The smallest absolute Gasteiger partial charge is 0.0966 e. The molecule has 0 aliphatic heterocycles. The van der Waals surface area contributed by atoms with Gasteiger partial charge in [-0.1, -0.05) is 67.6 Å². The fourth-order valence-electron chi connectivity index (χ4n) is 3.40. The van der Waals surface area contributed by atoms with Gasteiger partial charge in [0.1, 0.15) is 0 Å². The average Bonchev–Trinajstić information content (AvgIpc) is 3.11. The van der Waals surface area contributed by atoms with Gasteiger partial charge in [-0.25, -0.2) is 4.98 Å². The zero-order valence-electron chi connectivity index (χ0n) is 15.0. The summed E-state index contributed by atoms with van der Waals surface area (Å²) >= 11 is 0. The molecule has 0 bridgehead atoms. The summed E-state index contributed by atoms with van der Waals surface area (Å²) < 4.78 is 2.27. The van der Waals surface area contributed by atoms with E-state index in [1.165, 1.54) is 11.1 Å². The van der Waals surface area contributed by atoms with E-state index in [1.54, 1.807) is 0 Å². The van der Waals surface area contributed by atoms with Crippen molar-refractivity contribution in [3.8, 4) is 0 Å². The quantitative estimate of drug-likeness (QED) is 0.502. The van der Waals surface area contributed by atoms with Gasteiger partial charge >= 0.3 is 0 Å². The largest absolute Gasteiger partial charge is 0.385 e. The van der Waals surface area contributed by atoms with E-state index in [0.717, 1.165) is 29.7 Å². The van der Waals surface area contributed by atoms with Gasteiger partial charge in [0.05, 0.1) is 23.4 Å². The van der Waals surface area contributed by atoms with Gasteiger partial charge in [0.15, 0.2) is 0 Å². The summed E-state index contributed by atoms with van der Waals surface area (Å²) in [6.07, 6.45) is 3.06. The zero-order chi connectivity index (χ0) is 17.8. The Morgan fingerprint density at radius 2 is 1.54 bits per heavy atom. The minimum absolute atomic E-state index is 0.101. The second-order valence-corrected chi connectivity index (χ2v) is 6.51. The van der Waals surface area contributed by atoms with Crippen LogP contribution in [0.3, 0.4) is 0 Å². The Labute approximate surface area is 154 Å². The number of aromatic nitrogens is 2. The third-order valence-corrected chi connectivity index (χ3v) is 4.66. The van der Waals surface area contributed by atoms with Crippen molar-refractivity contribution in [2.75, 3.05) is 11.9 Å². The summed E-state index contributed by atoms with van der Waals surface area (Å²) in [5, 5.41) is 3.48. The number of rotatable bonds is 6. The zero-order valence-corrected chi connectivity index (χ0v) is 15.0. The van der Waals surface area contributed by atoms with Crippen molar-refractivity contribution < 1.29 is 0 Å². The normalized spacial score (nSPS) is 11.2. The van der Waals surface area contributed by atoms with Crippen LogP contribution in [0.15, 0.2) is 85.2 Å². The van der Waals surface area contributed by atoms with E-state index in [9.17, 15) is 0 Å². The molecule has 1 N–H and O–H groups in total. The van der Waals surface area contributed by atoms with E-state index in [1.807, 2.05) is 6.33 Å². The topological polar surface area (TPSA) is 29.9 Å². The lowest BCUT2D eigenvalue weighted by molar-refractivity contribution is 0.697. The van der Waals surface area contributed by atoms with Crippen molar-refractivity contribution in [2.24, 2.45) is 0 Å². The molecule has 130 valence electrons. The molecule has 0 saturated heterocycles. The molecule has 0 fully saturated rings. The number of benzene rings is 3. The van der Waals surface area contributed by atoms with Gasteiger partial charge in [0.25, 0.3) is 0 Å². The summed E-state index contributed by atoms with van der Waals surface area (Å²) in [6.45, 7) is 3.15. The summed E-state index contributed by atoms with van der Waals surface area (Å²) in [7, 11) is 0. The van der Waals surface area contributed by atoms with E-state index in [2.05, 4.69) is 101 Å². The molecule has 3 nitrogen and oxygen atoms in total. The van der Waals surface area contributed by atoms with Crippen LogP contribution in [-0.2, 0) is 0 Å². The molecule has 1 heterocycles. The van der Waals surface area contributed by atoms with Gasteiger partial charge in [0, 0.05) is 12.2 Å². The summed E-state index contributed by atoms with van der Waals surface area (Å²) in [4.78, 5) is 4.65. The summed E-state index contributed by atoms with van der Waals surface area (Å²) in [5.41, 5.74) is 5.81. The van der Waals surface area contributed by atoms with Gasteiger partial charge in [-0.2, -0.15) is 0 Å². The van der Waals surface area contributed by atoms with Crippen LogP contribution in [-0.4, -0.2) is 16.1 Å². The average molecular weight is 341 g/mol. The van der Waals surface area contributed by atoms with Crippen LogP contribution < -0.4 is 5.32 Å². The van der Waals surface area contributed by atoms with Crippen molar-refractivity contribution in [1.82, 2.24) is 9.55 Å². The van der Waals surface area contributed by atoms with Crippen LogP contribution in [0.4, 0.5) is 5.69 Å². The lowest BCUT2D eigenvalue weighted by Gasteiger charge is -2.21. The monoisotopic (exact) mass is 341 g/mol. The molecule has 0 unspecified atom stereocenters. The molecule has 0 aliphatic rings. The Bertz CT molecular complexity index is 935. The highest BCUT2D eigenvalue weighted by Gasteiger charge is 2.18. The highest BCUT2D eigenvalue weighted by Crippen LogP contribution is 2.30. The van der Waals surface area contributed by atoms with Crippen molar-refractivity contribution in [3.63, 3.8) is 0 Å². The van der Waals surface area contributed by atoms with Gasteiger partial charge < -0.3 is 9.88 Å². The first-order chi connectivity index (χ1) is 12.9. The first kappa shape index (κ1) is 16.4. The van der Waals surface area contributed by atoms with Gasteiger partial charge in [0.2, 0.25) is 0 Å². The Morgan fingerprint density at radius 1 is 0.885 bits per heavy atom. The fraction of sp³-hybridized carbons (Fsp3) is 0.174. The molecule has 0 radical (unpaired) electrons. The standard InChI is InChI=1S/C23H23N3/c1-2-15-24-20-13-14-21-22(16-20)26(17-25-21)23(18-9-5-3-6-10-18)19-11-7-4-8-12-19/h3-14,16-17,23-24H,2,15H2,1H3. The minimum atomic E-state index is 0.101. The molecule has 1 aromatic heterocycles. The maximum atomic E-state index is 4.65. The molecule has 0 aliphatic carbocycles. The van der Waals surface area contributed by atoms with E-state index in [-0.39, 0.29) is 6.04 Å². The Kier molecular flexibility index (Phi) is 4.69. The number of nitrogens with zero attached hydrogens (tertiary/aromatic N) is 2. The lowest BCUT2D eigenvalue weighted by Crippen LogP contribution is -2.11. The molecule has 3 heteroatoms. The third kappa shape index (κ3) is 3.21. The van der Waals surface area contributed by atoms with E-state index in [0.29, 0.717) is 0 Å². The number of hydrogen-bond acceptors (Lipinski definition) is 2. The third-order valence-electron chi connectivity index (χ3n) is 4.66. The van der Waals surface area contributed by atoms with Crippen LogP contribution in [0.5, 0.6) is 0 Å². The van der Waals surface area contributed by atoms with Crippen molar-refractivity contribution in [3.05, 3.63) is 96.3 Å². The van der Waals surface area contributed by atoms with Gasteiger partial charge in [-0.15, -0.1) is 0 Å². The van der Waals surface area contributed by atoms with E-state index in [4.69, 9.17) is 0 Å². The van der Waals surface area contributed by atoms with Crippen molar-refractivity contribution in [1.29, 1.82) is 0 Å². The molecule has 4 aromatic rings. The predicted octanol–water partition coefficient (Wildman–Crippen LogP) is 5.50. The van der Waals surface area contributed by atoms with E-state index < -0.39 is 0 Å². The van der Waals surface area contributed by atoms with Crippen LogP contribution in [0.1, 0.15) is 30.5 Å². The number of anilines is 1. The molecule has 26 heavy (non-hydrogen) atoms. The molecule has 0 spiro atoms. The Morgan fingerprint density at radius 3 is 2.15 bits per heavy atom. The predicted molar refractivity (Wildman–Crippen MR) is 109 cm³/mol. The Hall–Kier alpha value is -3.07. The van der Waals surface area contributed by atoms with Crippen molar-refractivity contribution >= 4 is 16.7 Å². The minimum Gasteiger partial charge on any atom is -0.385 e. The molecule has 0 atom stereocenters. The molecule has 3 aromatic carbocycles. The number of nitrogens with one attached hydrogen (secondary N) is 1. The maximum absolute atomic E-state index is 4.65. The van der Waals surface area contributed by atoms with Gasteiger partial charge in [-0.3, -0.25) is 0 Å². The van der Waals surface area contributed by atoms with E-state index >= 15 is 0 Å². The second kappa shape index (κ2) is 7.44. The van der Waals surface area contributed by atoms with Crippen LogP contribution in [0.25, 0.3) is 11.0 Å². The maximum Gasteiger partial charge on any atom is 0.0966 e. The van der Waals surface area contributed by atoms with Gasteiger partial charge in [-0.05, 0) is 35.7 Å². The number of hydrogen-bond donors (Lipinski definition) is 1. The van der Waals surface area contributed by atoms with Crippen LogP contribution in [0.2, 0.25) is 0 Å².